The summed E-state index contributed by atoms with van der Waals surface area (Å²) < 4.78 is 4.20. The third kappa shape index (κ3) is 2.68. The van der Waals surface area contributed by atoms with Crippen LogP contribution in [0, 0.1) is 5.92 Å². The summed E-state index contributed by atoms with van der Waals surface area (Å²) in [7, 11) is 6.42. The van der Waals surface area contributed by atoms with Crippen LogP contribution in [-0.4, -0.2) is 67.6 Å². The number of hydrogen-bond acceptors (Lipinski definition) is 5. The number of rotatable bonds is 5. The van der Waals surface area contributed by atoms with Crippen LogP contribution in [0.1, 0.15) is 30.7 Å². The second kappa shape index (κ2) is 5.72. The maximum atomic E-state index is 4.65. The van der Waals surface area contributed by atoms with Crippen molar-refractivity contribution in [1.29, 1.82) is 0 Å². The quantitative estimate of drug-likeness (QED) is 0.822. The van der Waals surface area contributed by atoms with E-state index in [1.807, 2.05) is 17.1 Å². The van der Waals surface area contributed by atoms with Crippen LogP contribution in [-0.2, 0) is 7.05 Å². The first kappa shape index (κ1) is 14.8. The molecule has 2 aromatic heterocycles. The lowest BCUT2D eigenvalue weighted by Crippen LogP contribution is -2.37. The molecule has 1 saturated heterocycles. The van der Waals surface area contributed by atoms with E-state index in [1.165, 1.54) is 18.7 Å². The Morgan fingerprint density at radius 1 is 1.17 bits per heavy atom. The van der Waals surface area contributed by atoms with E-state index in [0.29, 0.717) is 18.1 Å². The molecule has 0 N–H and O–H groups in total. The zero-order valence-corrected chi connectivity index (χ0v) is 14.1. The van der Waals surface area contributed by atoms with Gasteiger partial charge in [-0.15, -0.1) is 5.10 Å². The highest BCUT2D eigenvalue weighted by atomic mass is 15.5. The molecule has 2 fully saturated rings. The summed E-state index contributed by atoms with van der Waals surface area (Å²) in [5, 5.41) is 8.26. The minimum Gasteiger partial charge on any atom is -0.337 e. The highest BCUT2D eigenvalue weighted by Gasteiger charge is 2.45. The number of nitrogens with zero attached hydrogens (tertiary/aromatic N) is 7. The van der Waals surface area contributed by atoms with Gasteiger partial charge in [-0.1, -0.05) is 5.21 Å². The molecule has 0 amide bonds. The van der Waals surface area contributed by atoms with Gasteiger partial charge in [-0.25, -0.2) is 9.67 Å². The molecular weight excluding hydrogens is 290 g/mol. The van der Waals surface area contributed by atoms with E-state index in [-0.39, 0.29) is 0 Å². The topological polar surface area (TPSA) is 55.0 Å². The molecular formula is C16H25N7. The average molecular weight is 315 g/mol. The van der Waals surface area contributed by atoms with Gasteiger partial charge in [-0.3, -0.25) is 4.90 Å². The van der Waals surface area contributed by atoms with Gasteiger partial charge in [0.2, 0.25) is 0 Å². The zero-order chi connectivity index (χ0) is 16.0. The van der Waals surface area contributed by atoms with Crippen LogP contribution in [0.3, 0.4) is 0 Å². The Labute approximate surface area is 136 Å². The molecule has 0 radical (unpaired) electrons. The fraction of sp³-hybridized carbons (Fsp3) is 0.688. The third-order valence-electron chi connectivity index (χ3n) is 5.32. The number of likely N-dealkylation sites (N-methyl/N-ethyl adjacent to an activating group) is 1. The van der Waals surface area contributed by atoms with Gasteiger partial charge in [0.25, 0.3) is 0 Å². The van der Waals surface area contributed by atoms with Crippen molar-refractivity contribution in [2.45, 2.75) is 31.0 Å². The monoisotopic (exact) mass is 315 g/mol. The normalized spacial score (nSPS) is 27.0. The van der Waals surface area contributed by atoms with E-state index >= 15 is 0 Å². The Hall–Kier alpha value is -1.73. The summed E-state index contributed by atoms with van der Waals surface area (Å²) in [5.41, 5.74) is 0. The van der Waals surface area contributed by atoms with Gasteiger partial charge in [0, 0.05) is 44.8 Å². The van der Waals surface area contributed by atoms with Gasteiger partial charge in [-0.05, 0) is 32.9 Å². The first-order chi connectivity index (χ1) is 11.1. The SMILES string of the molecule is CN(C)[C@@H]1CN(C(c2nccn2C)C2CC2)C[C@@H]1n1ccnn1. The molecule has 0 aromatic carbocycles. The van der Waals surface area contributed by atoms with Gasteiger partial charge >= 0.3 is 0 Å². The van der Waals surface area contributed by atoms with E-state index in [4.69, 9.17) is 0 Å². The van der Waals surface area contributed by atoms with Crippen LogP contribution < -0.4 is 0 Å². The molecule has 2 aliphatic rings. The molecule has 1 saturated carbocycles. The first-order valence-electron chi connectivity index (χ1n) is 8.38. The predicted octanol–water partition coefficient (Wildman–Crippen LogP) is 0.950. The van der Waals surface area contributed by atoms with Crippen LogP contribution in [0.25, 0.3) is 0 Å². The van der Waals surface area contributed by atoms with Crippen molar-refractivity contribution in [3.05, 3.63) is 30.6 Å². The van der Waals surface area contributed by atoms with Crippen molar-refractivity contribution in [3.8, 4) is 0 Å². The van der Waals surface area contributed by atoms with Crippen molar-refractivity contribution in [2.24, 2.45) is 13.0 Å². The lowest BCUT2D eigenvalue weighted by Gasteiger charge is -2.28. The first-order valence-corrected chi connectivity index (χ1v) is 8.38. The molecule has 4 rings (SSSR count). The molecule has 7 heteroatoms. The minimum absolute atomic E-state index is 0.342. The second-order valence-electron chi connectivity index (χ2n) is 7.11. The van der Waals surface area contributed by atoms with E-state index in [9.17, 15) is 0 Å². The molecule has 1 unspecified atom stereocenters. The van der Waals surface area contributed by atoms with E-state index < -0.39 is 0 Å². The van der Waals surface area contributed by atoms with E-state index in [0.717, 1.165) is 19.0 Å². The molecule has 3 atom stereocenters. The van der Waals surface area contributed by atoms with Crippen molar-refractivity contribution in [3.63, 3.8) is 0 Å². The summed E-state index contributed by atoms with van der Waals surface area (Å²) >= 11 is 0. The summed E-state index contributed by atoms with van der Waals surface area (Å²) in [6, 6.07) is 1.21. The fourth-order valence-corrected chi connectivity index (χ4v) is 3.93. The van der Waals surface area contributed by atoms with Crippen molar-refractivity contribution >= 4 is 0 Å². The van der Waals surface area contributed by atoms with Crippen molar-refractivity contribution in [1.82, 2.24) is 34.3 Å². The number of likely N-dealkylation sites (tertiary alicyclic amines) is 1. The molecule has 0 bridgehead atoms. The highest BCUT2D eigenvalue weighted by Crippen LogP contribution is 2.46. The lowest BCUT2D eigenvalue weighted by atomic mass is 10.1. The summed E-state index contributed by atoms with van der Waals surface area (Å²) in [6.45, 7) is 2.05. The van der Waals surface area contributed by atoms with Crippen LogP contribution in [0.15, 0.2) is 24.8 Å². The Kier molecular flexibility index (Phi) is 3.69. The second-order valence-corrected chi connectivity index (χ2v) is 7.11. The molecule has 1 aliphatic heterocycles. The molecule has 124 valence electrons. The number of aromatic nitrogens is 5. The molecule has 3 heterocycles. The minimum atomic E-state index is 0.342. The molecule has 7 nitrogen and oxygen atoms in total. The zero-order valence-electron chi connectivity index (χ0n) is 14.1. The Bertz CT molecular complexity index is 643. The summed E-state index contributed by atoms with van der Waals surface area (Å²) in [6.07, 6.45) is 10.4. The highest BCUT2D eigenvalue weighted by molar-refractivity contribution is 5.08. The molecule has 2 aromatic rings. The van der Waals surface area contributed by atoms with Gasteiger partial charge in [0.1, 0.15) is 5.82 Å². The lowest BCUT2D eigenvalue weighted by molar-refractivity contribution is 0.188. The van der Waals surface area contributed by atoms with Crippen LogP contribution >= 0.6 is 0 Å². The maximum absolute atomic E-state index is 4.65. The Morgan fingerprint density at radius 3 is 2.57 bits per heavy atom. The largest absolute Gasteiger partial charge is 0.337 e. The number of aryl methyl sites for hydroxylation is 1. The van der Waals surface area contributed by atoms with E-state index in [1.54, 1.807) is 6.20 Å². The fourth-order valence-electron chi connectivity index (χ4n) is 3.93. The van der Waals surface area contributed by atoms with Crippen molar-refractivity contribution in [2.75, 3.05) is 27.2 Å². The van der Waals surface area contributed by atoms with Gasteiger partial charge in [0.15, 0.2) is 0 Å². The Morgan fingerprint density at radius 2 is 2.00 bits per heavy atom. The van der Waals surface area contributed by atoms with Crippen molar-refractivity contribution < 1.29 is 0 Å². The maximum Gasteiger partial charge on any atom is 0.126 e. The average Bonchev–Trinajstić information content (AvgIpc) is 2.94. The van der Waals surface area contributed by atoms with Crippen LogP contribution in [0.5, 0.6) is 0 Å². The summed E-state index contributed by atoms with van der Waals surface area (Å²) in [5.74, 6) is 1.94. The van der Waals surface area contributed by atoms with Crippen LogP contribution in [0.4, 0.5) is 0 Å². The molecule has 1 aliphatic carbocycles. The smallest absolute Gasteiger partial charge is 0.126 e. The van der Waals surface area contributed by atoms with Crippen LogP contribution in [0.2, 0.25) is 0 Å². The molecule has 0 spiro atoms. The molecule has 23 heavy (non-hydrogen) atoms. The van der Waals surface area contributed by atoms with E-state index in [2.05, 4.69) is 57.0 Å². The number of hydrogen-bond donors (Lipinski definition) is 0. The van der Waals surface area contributed by atoms with Gasteiger partial charge in [-0.2, -0.15) is 0 Å². The standard InChI is InChI=1S/C16H25N7/c1-20(2)13-10-22(11-14(13)23-9-7-18-19-23)15(12-4-5-12)16-17-6-8-21(16)3/h6-9,12-15H,4-5,10-11H2,1-3H3/t13-,14+,15?/m1/s1. The Balaban J connectivity index is 1.62. The number of imidazole rings is 1. The third-order valence-corrected chi connectivity index (χ3v) is 5.32. The van der Waals surface area contributed by atoms with Gasteiger partial charge in [0.05, 0.1) is 18.3 Å². The van der Waals surface area contributed by atoms with Gasteiger partial charge < -0.3 is 9.47 Å². The predicted molar refractivity (Wildman–Crippen MR) is 86.8 cm³/mol. The summed E-state index contributed by atoms with van der Waals surface area (Å²) in [4.78, 5) is 9.57.